The molecule has 0 saturated heterocycles. The van der Waals surface area contributed by atoms with Crippen LogP contribution >= 0.6 is 0 Å². The van der Waals surface area contributed by atoms with Gasteiger partial charge in [0.2, 0.25) is 0 Å². The van der Waals surface area contributed by atoms with E-state index in [0.29, 0.717) is 17.7 Å². The van der Waals surface area contributed by atoms with Crippen LogP contribution in [0.25, 0.3) is 0 Å². The quantitative estimate of drug-likeness (QED) is 0.349. The van der Waals surface area contributed by atoms with Crippen LogP contribution in [-0.4, -0.2) is 28.2 Å². The van der Waals surface area contributed by atoms with E-state index in [-0.39, 0.29) is 63.2 Å². The first kappa shape index (κ1) is 29.1. The first-order valence-corrected chi connectivity index (χ1v) is 5.98. The van der Waals surface area contributed by atoms with Gasteiger partial charge in [0.15, 0.2) is 0 Å². The summed E-state index contributed by atoms with van der Waals surface area (Å²) in [5, 5.41) is 7.55. The first-order chi connectivity index (χ1) is 7.89. The SMILES string of the molecule is [CH2-]CC(C)(C)C.[CH2-]c1cn(CCOCC)nn1.[W+2].[W].[W]. The van der Waals surface area contributed by atoms with Crippen LogP contribution in [-0.2, 0) is 74.5 Å². The van der Waals surface area contributed by atoms with E-state index in [1.807, 2.05) is 6.92 Å². The third-order valence-electron chi connectivity index (χ3n) is 2.00. The van der Waals surface area contributed by atoms with Crippen molar-refractivity contribution in [1.29, 1.82) is 0 Å². The number of nitrogens with zero attached hydrogens (tertiary/aromatic N) is 3. The van der Waals surface area contributed by atoms with E-state index in [2.05, 4.69) is 44.9 Å². The summed E-state index contributed by atoms with van der Waals surface area (Å²) < 4.78 is 6.86. The zero-order chi connectivity index (χ0) is 13.3. The van der Waals surface area contributed by atoms with Gasteiger partial charge in [-0.1, -0.05) is 43.3 Å². The van der Waals surface area contributed by atoms with Gasteiger partial charge >= 0.3 is 21.1 Å². The summed E-state index contributed by atoms with van der Waals surface area (Å²) in [7, 11) is 0. The molecule has 1 rings (SSSR count). The Morgan fingerprint density at radius 1 is 1.30 bits per heavy atom. The van der Waals surface area contributed by atoms with Gasteiger partial charge in [0.25, 0.3) is 0 Å². The van der Waals surface area contributed by atoms with Crippen LogP contribution in [0.3, 0.4) is 0 Å². The van der Waals surface area contributed by atoms with Crippen molar-refractivity contribution in [3.8, 4) is 0 Å². The summed E-state index contributed by atoms with van der Waals surface area (Å²) in [6.07, 6.45) is 2.81. The predicted molar refractivity (Wildman–Crippen MR) is 70.4 cm³/mol. The second-order valence-electron chi connectivity index (χ2n) is 4.98. The molecule has 0 fully saturated rings. The van der Waals surface area contributed by atoms with Gasteiger partial charge < -0.3 is 16.3 Å². The molecule has 0 N–H and O–H groups in total. The predicted octanol–water partition coefficient (Wildman–Crippen LogP) is 2.75. The van der Waals surface area contributed by atoms with E-state index < -0.39 is 0 Å². The standard InChI is InChI=1S/C7H12N3O.C6H13.3W/c1-3-11-5-4-10-6-7(2)8-9-10;1-5-6(2,3)4;;;/h6H,2-5H2,1H3;1,5H2,2-4H3;;;/q2*-1;;;+2. The van der Waals surface area contributed by atoms with Gasteiger partial charge in [-0.2, -0.15) is 11.5 Å². The molecule has 0 spiro atoms. The van der Waals surface area contributed by atoms with Gasteiger partial charge in [0.05, 0.1) is 6.61 Å². The van der Waals surface area contributed by atoms with Gasteiger partial charge in [0, 0.05) is 55.3 Å². The summed E-state index contributed by atoms with van der Waals surface area (Å²) in [6, 6.07) is 0. The number of hydrogen-bond acceptors (Lipinski definition) is 3. The molecule has 1 aromatic heterocycles. The van der Waals surface area contributed by atoms with Crippen molar-refractivity contribution in [2.45, 2.75) is 40.7 Å². The van der Waals surface area contributed by atoms with E-state index in [9.17, 15) is 0 Å². The van der Waals surface area contributed by atoms with Crippen molar-refractivity contribution in [2.24, 2.45) is 5.41 Å². The molecular weight excluding hydrogens is 766 g/mol. The van der Waals surface area contributed by atoms with Crippen LogP contribution in [0.1, 0.15) is 39.8 Å². The smallest absolute Gasteiger partial charge is 0.380 e. The maximum Gasteiger partial charge on any atom is 2.00 e. The summed E-state index contributed by atoms with van der Waals surface area (Å²) in [5.41, 5.74) is 1.13. The van der Waals surface area contributed by atoms with Crippen molar-refractivity contribution < 1.29 is 67.9 Å². The Labute approximate surface area is 167 Å². The normalized spacial score (nSPS) is 9.25. The maximum absolute atomic E-state index is 5.14. The molecule has 0 unspecified atom stereocenters. The van der Waals surface area contributed by atoms with E-state index in [1.54, 1.807) is 10.9 Å². The summed E-state index contributed by atoms with van der Waals surface area (Å²) in [4.78, 5) is 0. The second kappa shape index (κ2) is 16.4. The Kier molecular flexibility index (Phi) is 23.9. The molecule has 0 aliphatic carbocycles. The average Bonchev–Trinajstić information content (AvgIpc) is 2.65. The molecule has 0 atom stereocenters. The van der Waals surface area contributed by atoms with Gasteiger partial charge in [-0.15, -0.1) is 0 Å². The molecular formula is C13H25N3OW3. The van der Waals surface area contributed by atoms with E-state index in [0.717, 1.165) is 19.6 Å². The molecule has 116 valence electrons. The van der Waals surface area contributed by atoms with Crippen LogP contribution in [0.15, 0.2) is 6.20 Å². The molecule has 7 heteroatoms. The summed E-state index contributed by atoms with van der Waals surface area (Å²) in [5.74, 6) is 0. The summed E-state index contributed by atoms with van der Waals surface area (Å²) in [6.45, 7) is 18.1. The minimum Gasteiger partial charge on any atom is -0.380 e. The Balaban J connectivity index is -0.000000126. The Bertz CT molecular complexity index is 301. The Morgan fingerprint density at radius 2 is 1.80 bits per heavy atom. The van der Waals surface area contributed by atoms with Crippen LogP contribution in [0.4, 0.5) is 0 Å². The molecule has 1 aromatic rings. The van der Waals surface area contributed by atoms with Gasteiger partial charge in [0.1, 0.15) is 0 Å². The van der Waals surface area contributed by atoms with Gasteiger partial charge in [-0.3, -0.25) is 0 Å². The summed E-state index contributed by atoms with van der Waals surface area (Å²) >= 11 is 0. The molecule has 0 aromatic carbocycles. The minimum atomic E-state index is 0. The Hall–Kier alpha value is 1.03. The topological polar surface area (TPSA) is 39.9 Å². The molecule has 0 saturated carbocycles. The van der Waals surface area contributed by atoms with E-state index in [4.69, 9.17) is 4.74 Å². The first-order valence-electron chi connectivity index (χ1n) is 5.98. The Morgan fingerprint density at radius 3 is 2.10 bits per heavy atom. The van der Waals surface area contributed by atoms with E-state index >= 15 is 0 Å². The van der Waals surface area contributed by atoms with Crippen molar-refractivity contribution >= 4 is 0 Å². The number of ether oxygens (including phenoxy) is 1. The van der Waals surface area contributed by atoms with Crippen LogP contribution in [0.2, 0.25) is 0 Å². The largest absolute Gasteiger partial charge is 2.00 e. The average molecular weight is 791 g/mol. The second-order valence-corrected chi connectivity index (χ2v) is 4.98. The fourth-order valence-corrected chi connectivity index (χ4v) is 0.750. The van der Waals surface area contributed by atoms with Gasteiger partial charge in [-0.05, 0) is 6.92 Å². The van der Waals surface area contributed by atoms with E-state index in [1.165, 1.54) is 0 Å². The number of rotatable bonds is 4. The molecule has 0 radical (unpaired) electrons. The molecule has 1 heterocycles. The third-order valence-corrected chi connectivity index (χ3v) is 2.00. The minimum absolute atomic E-state index is 0. The van der Waals surface area contributed by atoms with Crippen molar-refractivity contribution in [3.63, 3.8) is 0 Å². The fourth-order valence-electron chi connectivity index (χ4n) is 0.750. The van der Waals surface area contributed by atoms with Crippen molar-refractivity contribution in [2.75, 3.05) is 13.2 Å². The number of aromatic nitrogens is 3. The molecule has 0 aliphatic heterocycles. The molecule has 4 nitrogen and oxygen atoms in total. The maximum atomic E-state index is 5.14. The van der Waals surface area contributed by atoms with Crippen molar-refractivity contribution in [1.82, 2.24) is 15.0 Å². The van der Waals surface area contributed by atoms with Crippen LogP contribution < -0.4 is 0 Å². The molecule has 0 amide bonds. The van der Waals surface area contributed by atoms with Crippen LogP contribution in [0, 0.1) is 19.3 Å². The van der Waals surface area contributed by atoms with Crippen LogP contribution in [0.5, 0.6) is 0 Å². The third kappa shape index (κ3) is 19.0. The van der Waals surface area contributed by atoms with Crippen molar-refractivity contribution in [3.05, 3.63) is 25.7 Å². The van der Waals surface area contributed by atoms with Gasteiger partial charge in [-0.25, -0.2) is 6.92 Å². The zero-order valence-electron chi connectivity index (χ0n) is 12.8. The molecule has 0 bridgehead atoms. The molecule has 0 aliphatic rings. The fraction of sp³-hybridized carbons (Fsp3) is 0.692. The number of hydrogen-bond donors (Lipinski definition) is 0. The molecule has 20 heavy (non-hydrogen) atoms. The monoisotopic (exact) mass is 791 g/mol. The zero-order valence-corrected chi connectivity index (χ0v) is 21.6.